The molecule has 0 aliphatic rings. The average Bonchev–Trinajstić information content (AvgIpc) is 1.87. The van der Waals surface area contributed by atoms with Gasteiger partial charge in [-0.05, 0) is 19.1 Å². The van der Waals surface area contributed by atoms with Crippen molar-refractivity contribution in [1.29, 1.82) is 0 Å². The summed E-state index contributed by atoms with van der Waals surface area (Å²) in [5.41, 5.74) is 0. The fraction of sp³-hybridized carbons (Fsp3) is 0.250. The van der Waals surface area contributed by atoms with Crippen molar-refractivity contribution in [3.63, 3.8) is 0 Å². The Morgan fingerprint density at radius 1 is 1.60 bits per heavy atom. The van der Waals surface area contributed by atoms with E-state index in [0.717, 1.165) is 5.76 Å². The van der Waals surface area contributed by atoms with E-state index in [4.69, 9.17) is 4.74 Å². The van der Waals surface area contributed by atoms with Crippen molar-refractivity contribution in [2.75, 3.05) is 7.11 Å². The summed E-state index contributed by atoms with van der Waals surface area (Å²) in [6.07, 6.45) is 4.47. The number of hydrogen-bond acceptors (Lipinski definition) is 1. The lowest BCUT2D eigenvalue weighted by molar-refractivity contribution is 0.294. The molecule has 0 N–H and O–H groups in total. The molecule has 0 bridgehead atoms. The topological polar surface area (TPSA) is 9.23 Å². The van der Waals surface area contributed by atoms with Crippen LogP contribution in [0.2, 0.25) is 0 Å². The van der Waals surface area contributed by atoms with Gasteiger partial charge in [-0.15, -0.1) is 0 Å². The van der Waals surface area contributed by atoms with Gasteiger partial charge in [-0.2, -0.15) is 0 Å². The molecule has 0 aromatic rings. The number of ether oxygens (including phenoxy) is 1. The van der Waals surface area contributed by atoms with Gasteiger partial charge in [0.1, 0.15) is 5.83 Å². The summed E-state index contributed by atoms with van der Waals surface area (Å²) in [7, 11) is 1.56. The second-order valence-corrected chi connectivity index (χ2v) is 1.79. The van der Waals surface area contributed by atoms with Crippen molar-refractivity contribution < 1.29 is 9.13 Å². The Labute approximate surface area is 60.5 Å². The molecule has 0 heterocycles. The molecule has 0 aliphatic heterocycles. The SMILES string of the molecule is C=C(F)/C=C\C=C(\C)OC. The molecule has 0 aromatic carbocycles. The standard InChI is InChI=1S/C8H11FO/c1-7(9)5-4-6-8(2)10-3/h4-6H,1H2,2-3H3/b5-4-,8-6-. The lowest BCUT2D eigenvalue weighted by Crippen LogP contribution is -1.75. The van der Waals surface area contributed by atoms with Crippen LogP contribution < -0.4 is 0 Å². The van der Waals surface area contributed by atoms with Gasteiger partial charge >= 0.3 is 0 Å². The first-order valence-corrected chi connectivity index (χ1v) is 2.90. The summed E-state index contributed by atoms with van der Waals surface area (Å²) >= 11 is 0. The fourth-order valence-electron chi connectivity index (χ4n) is 0.356. The molecule has 0 saturated heterocycles. The minimum absolute atomic E-state index is 0.458. The van der Waals surface area contributed by atoms with E-state index in [2.05, 4.69) is 6.58 Å². The first-order valence-electron chi connectivity index (χ1n) is 2.90. The third-order valence-electron chi connectivity index (χ3n) is 0.930. The molecule has 0 spiro atoms. The third-order valence-corrected chi connectivity index (χ3v) is 0.930. The molecule has 0 radical (unpaired) electrons. The zero-order chi connectivity index (χ0) is 7.98. The van der Waals surface area contributed by atoms with Gasteiger partial charge in [-0.1, -0.05) is 12.7 Å². The zero-order valence-electron chi connectivity index (χ0n) is 6.23. The highest BCUT2D eigenvalue weighted by Gasteiger charge is 1.79. The van der Waals surface area contributed by atoms with E-state index in [1.165, 1.54) is 6.08 Å². The van der Waals surface area contributed by atoms with Gasteiger partial charge in [-0.3, -0.25) is 0 Å². The summed E-state index contributed by atoms with van der Waals surface area (Å²) in [5.74, 6) is 0.276. The maximum absolute atomic E-state index is 11.9. The molecule has 2 heteroatoms. The molecule has 0 rings (SSSR count). The Morgan fingerprint density at radius 3 is 2.60 bits per heavy atom. The van der Waals surface area contributed by atoms with Crippen molar-refractivity contribution in [2.45, 2.75) is 6.92 Å². The smallest absolute Gasteiger partial charge is 0.116 e. The molecular weight excluding hydrogens is 131 g/mol. The van der Waals surface area contributed by atoms with Crippen molar-refractivity contribution in [3.05, 3.63) is 36.4 Å². The van der Waals surface area contributed by atoms with E-state index in [0.29, 0.717) is 0 Å². The van der Waals surface area contributed by atoms with Crippen LogP contribution in [0.15, 0.2) is 36.4 Å². The van der Waals surface area contributed by atoms with E-state index in [1.807, 2.05) is 0 Å². The number of hydrogen-bond donors (Lipinski definition) is 0. The molecule has 0 aromatic heterocycles. The van der Waals surface area contributed by atoms with Gasteiger partial charge < -0.3 is 4.74 Å². The highest BCUT2D eigenvalue weighted by molar-refractivity contribution is 5.14. The number of methoxy groups -OCH3 is 1. The summed E-state index contributed by atoms with van der Waals surface area (Å²) in [6, 6.07) is 0. The molecule has 0 fully saturated rings. The van der Waals surface area contributed by atoms with Crippen LogP contribution in [0.1, 0.15) is 6.92 Å². The minimum Gasteiger partial charge on any atom is -0.501 e. The van der Waals surface area contributed by atoms with E-state index in [9.17, 15) is 4.39 Å². The van der Waals surface area contributed by atoms with Gasteiger partial charge in [0, 0.05) is 0 Å². The molecule has 1 nitrogen and oxygen atoms in total. The van der Waals surface area contributed by atoms with Gasteiger partial charge in [0.15, 0.2) is 0 Å². The van der Waals surface area contributed by atoms with Crippen molar-refractivity contribution in [1.82, 2.24) is 0 Å². The van der Waals surface area contributed by atoms with Gasteiger partial charge in [0.2, 0.25) is 0 Å². The highest BCUT2D eigenvalue weighted by Crippen LogP contribution is 1.96. The summed E-state index contributed by atoms with van der Waals surface area (Å²) in [5, 5.41) is 0. The molecule has 0 saturated carbocycles. The molecule has 0 unspecified atom stereocenters. The monoisotopic (exact) mass is 142 g/mol. The van der Waals surface area contributed by atoms with Crippen LogP contribution in [-0.2, 0) is 4.74 Å². The Bertz CT molecular complexity index is 168. The van der Waals surface area contributed by atoms with E-state index in [-0.39, 0.29) is 0 Å². The second-order valence-electron chi connectivity index (χ2n) is 1.79. The Balaban J connectivity index is 3.82. The molecule has 10 heavy (non-hydrogen) atoms. The van der Waals surface area contributed by atoms with Gasteiger partial charge in [0.05, 0.1) is 12.9 Å². The summed E-state index contributed by atoms with van der Waals surface area (Å²) in [6.45, 7) is 4.84. The Kier molecular flexibility index (Phi) is 4.29. The van der Waals surface area contributed by atoms with Crippen LogP contribution in [-0.4, -0.2) is 7.11 Å². The van der Waals surface area contributed by atoms with Crippen molar-refractivity contribution in [2.24, 2.45) is 0 Å². The lowest BCUT2D eigenvalue weighted by atomic mass is 10.4. The maximum atomic E-state index is 11.9. The second kappa shape index (κ2) is 4.79. The number of allylic oxidation sites excluding steroid dienone is 5. The van der Waals surface area contributed by atoms with Crippen LogP contribution in [0.4, 0.5) is 4.39 Å². The molecule has 0 atom stereocenters. The molecule has 0 amide bonds. The Hall–Kier alpha value is -1.05. The molecular formula is C8H11FO. The largest absolute Gasteiger partial charge is 0.501 e. The average molecular weight is 142 g/mol. The van der Waals surface area contributed by atoms with Crippen LogP contribution in [0.5, 0.6) is 0 Å². The van der Waals surface area contributed by atoms with Crippen LogP contribution in [0.3, 0.4) is 0 Å². The van der Waals surface area contributed by atoms with Crippen LogP contribution in [0, 0.1) is 0 Å². The van der Waals surface area contributed by atoms with Crippen LogP contribution >= 0.6 is 0 Å². The molecule has 56 valence electrons. The normalized spacial score (nSPS) is 12.1. The zero-order valence-corrected chi connectivity index (χ0v) is 6.23. The Morgan fingerprint density at radius 2 is 2.20 bits per heavy atom. The van der Waals surface area contributed by atoms with Crippen molar-refractivity contribution in [3.8, 4) is 0 Å². The lowest BCUT2D eigenvalue weighted by Gasteiger charge is -1.93. The van der Waals surface area contributed by atoms with Crippen LogP contribution in [0.25, 0.3) is 0 Å². The third kappa shape index (κ3) is 5.09. The maximum Gasteiger partial charge on any atom is 0.116 e. The van der Waals surface area contributed by atoms with E-state index in [1.54, 1.807) is 26.2 Å². The first-order chi connectivity index (χ1) is 4.66. The highest BCUT2D eigenvalue weighted by atomic mass is 19.1. The summed E-state index contributed by atoms with van der Waals surface area (Å²) in [4.78, 5) is 0. The minimum atomic E-state index is -0.458. The first kappa shape index (κ1) is 8.95. The van der Waals surface area contributed by atoms with E-state index >= 15 is 0 Å². The van der Waals surface area contributed by atoms with Gasteiger partial charge in [-0.25, -0.2) is 4.39 Å². The fourth-order valence-corrected chi connectivity index (χ4v) is 0.356. The summed E-state index contributed by atoms with van der Waals surface area (Å²) < 4.78 is 16.7. The quantitative estimate of drug-likeness (QED) is 0.434. The number of rotatable bonds is 3. The number of halogens is 1. The van der Waals surface area contributed by atoms with Gasteiger partial charge in [0.25, 0.3) is 0 Å². The van der Waals surface area contributed by atoms with Crippen molar-refractivity contribution >= 4 is 0 Å². The predicted octanol–water partition coefficient (Wildman–Crippen LogP) is 2.58. The predicted molar refractivity (Wildman–Crippen MR) is 40.2 cm³/mol. The molecule has 0 aliphatic carbocycles. The van der Waals surface area contributed by atoms with E-state index < -0.39 is 5.83 Å².